The number of carbonyl (C=O) groups excluding carboxylic acids is 2. The summed E-state index contributed by atoms with van der Waals surface area (Å²) < 4.78 is 6.61. The summed E-state index contributed by atoms with van der Waals surface area (Å²) in [5.74, 6) is -1.34. The van der Waals surface area contributed by atoms with E-state index in [0.717, 1.165) is 0 Å². The molecule has 1 N–H and O–H groups in total. The summed E-state index contributed by atoms with van der Waals surface area (Å²) in [5.41, 5.74) is 0.545. The smallest absolute Gasteiger partial charge is 0.411 e. The van der Waals surface area contributed by atoms with Gasteiger partial charge in [-0.2, -0.15) is 0 Å². The molecule has 0 aliphatic carbocycles. The van der Waals surface area contributed by atoms with E-state index in [0.29, 0.717) is 48.6 Å². The number of halogens is 1. The Morgan fingerprint density at radius 3 is 2.62 bits per heavy atom. The molecule has 0 spiro atoms. The number of amides is 2. The van der Waals surface area contributed by atoms with Crippen molar-refractivity contribution in [3.63, 3.8) is 0 Å². The minimum Gasteiger partial charge on any atom is -0.477 e. The second-order valence-corrected chi connectivity index (χ2v) is 10.2. The number of benzene rings is 1. The summed E-state index contributed by atoms with van der Waals surface area (Å²) in [6.45, 7) is 6.10. The zero-order chi connectivity index (χ0) is 24.7. The Kier molecular flexibility index (Phi) is 6.34. The molecule has 0 radical (unpaired) electrons. The van der Waals surface area contributed by atoms with Gasteiger partial charge >= 0.3 is 18.0 Å². The average molecular weight is 492 g/mol. The Hall–Kier alpha value is -3.05. The highest BCUT2D eigenvalue weighted by Crippen LogP contribution is 2.37. The third-order valence-corrected chi connectivity index (χ3v) is 6.61. The second kappa shape index (κ2) is 8.95. The molecule has 2 saturated heterocycles. The number of quaternary nitrogens is 1. The summed E-state index contributed by atoms with van der Waals surface area (Å²) >= 11 is 6.28. The molecule has 2 unspecified atom stereocenters. The van der Waals surface area contributed by atoms with E-state index in [9.17, 15) is 19.5 Å². The SMILES string of the molecule is CC(C)(C)OC(=O)N1CCC1C(=O)[N+]1(Cc2cc(Cl)ccc2-n2cnnn2)CCC[C@H]1C(=O)O. The monoisotopic (exact) mass is 491 g/mol. The number of likely N-dealkylation sites (tertiary alicyclic amines) is 2. The van der Waals surface area contributed by atoms with Crippen molar-refractivity contribution in [2.75, 3.05) is 13.1 Å². The molecule has 2 aromatic rings. The maximum absolute atomic E-state index is 14.0. The van der Waals surface area contributed by atoms with E-state index in [1.165, 1.54) is 15.9 Å². The molecule has 12 heteroatoms. The lowest BCUT2D eigenvalue weighted by Gasteiger charge is -2.45. The number of hydrogen-bond donors (Lipinski definition) is 1. The molecule has 4 rings (SSSR count). The normalized spacial score (nSPS) is 24.5. The topological polar surface area (TPSA) is 128 Å². The molecule has 3 atom stereocenters. The van der Waals surface area contributed by atoms with Gasteiger partial charge in [0.15, 0.2) is 12.1 Å². The quantitative estimate of drug-likeness (QED) is 0.631. The molecular formula is C22H28ClN6O5+. The lowest BCUT2D eigenvalue weighted by atomic mass is 9.98. The lowest BCUT2D eigenvalue weighted by Crippen LogP contribution is -2.68. The molecular weight excluding hydrogens is 464 g/mol. The first kappa shape index (κ1) is 24.1. The van der Waals surface area contributed by atoms with Crippen LogP contribution in [0.25, 0.3) is 5.69 Å². The van der Waals surface area contributed by atoms with Crippen LogP contribution in [0.2, 0.25) is 5.02 Å². The molecule has 3 heterocycles. The number of carboxylic acid groups (broad SMARTS) is 1. The van der Waals surface area contributed by atoms with Crippen LogP contribution in [0.1, 0.15) is 45.6 Å². The Bertz CT molecular complexity index is 1100. The average Bonchev–Trinajstić information content (AvgIpc) is 3.36. The van der Waals surface area contributed by atoms with Crippen LogP contribution in [0, 0.1) is 0 Å². The molecule has 2 fully saturated rings. The molecule has 2 aliphatic heterocycles. The van der Waals surface area contributed by atoms with E-state index in [1.807, 2.05) is 0 Å². The maximum Gasteiger partial charge on any atom is 0.411 e. The van der Waals surface area contributed by atoms with Crippen molar-refractivity contribution in [3.8, 4) is 5.69 Å². The standard InChI is InChI=1S/C22H27ClN6O5/c1-22(2,3)34-21(33)27-9-8-17(27)19(30)29(10-4-5-18(29)20(31)32)12-14-11-15(23)6-7-16(14)28-13-24-25-26-28/h6-7,11,13,17-18H,4-5,8-10,12H2,1-3H3/p+1/t17?,18-,29?/m0/s1. The van der Waals surface area contributed by atoms with Gasteiger partial charge in [0, 0.05) is 30.0 Å². The fraction of sp³-hybridized carbons (Fsp3) is 0.545. The van der Waals surface area contributed by atoms with Crippen molar-refractivity contribution in [1.29, 1.82) is 0 Å². The number of ether oxygens (including phenoxy) is 1. The summed E-state index contributed by atoms with van der Waals surface area (Å²) in [5, 5.41) is 21.8. The van der Waals surface area contributed by atoms with Crippen LogP contribution in [0.3, 0.4) is 0 Å². The van der Waals surface area contributed by atoms with Crippen molar-refractivity contribution >= 4 is 29.6 Å². The number of carboxylic acids is 1. The predicted molar refractivity (Wildman–Crippen MR) is 120 cm³/mol. The van der Waals surface area contributed by atoms with Gasteiger partial charge in [-0.25, -0.2) is 23.5 Å². The zero-order valence-electron chi connectivity index (χ0n) is 19.3. The fourth-order valence-corrected chi connectivity index (χ4v) is 4.99. The van der Waals surface area contributed by atoms with Gasteiger partial charge in [0.1, 0.15) is 18.5 Å². The third-order valence-electron chi connectivity index (χ3n) is 6.38. The summed E-state index contributed by atoms with van der Waals surface area (Å²) in [6.07, 6.45) is 2.25. The van der Waals surface area contributed by atoms with E-state index in [4.69, 9.17) is 16.3 Å². The molecule has 34 heavy (non-hydrogen) atoms. The summed E-state index contributed by atoms with van der Waals surface area (Å²) in [7, 11) is 0. The first-order valence-electron chi connectivity index (χ1n) is 11.2. The number of aromatic nitrogens is 4. The van der Waals surface area contributed by atoms with E-state index in [2.05, 4.69) is 15.5 Å². The van der Waals surface area contributed by atoms with Crippen LogP contribution in [0.15, 0.2) is 24.5 Å². The van der Waals surface area contributed by atoms with Gasteiger partial charge in [0.05, 0.1) is 12.2 Å². The van der Waals surface area contributed by atoms with Crippen LogP contribution in [0.4, 0.5) is 4.79 Å². The fourth-order valence-electron chi connectivity index (χ4n) is 4.80. The first-order valence-corrected chi connectivity index (χ1v) is 11.5. The highest BCUT2D eigenvalue weighted by molar-refractivity contribution is 6.30. The van der Waals surface area contributed by atoms with Crippen LogP contribution in [-0.2, 0) is 20.9 Å². The lowest BCUT2D eigenvalue weighted by molar-refractivity contribution is -0.872. The first-order chi connectivity index (χ1) is 16.0. The molecule has 11 nitrogen and oxygen atoms in total. The van der Waals surface area contributed by atoms with Gasteiger partial charge in [-0.1, -0.05) is 11.6 Å². The van der Waals surface area contributed by atoms with Gasteiger partial charge in [-0.05, 0) is 55.8 Å². The van der Waals surface area contributed by atoms with Gasteiger partial charge in [-0.15, -0.1) is 5.10 Å². The Morgan fingerprint density at radius 1 is 1.26 bits per heavy atom. The Balaban J connectivity index is 1.71. The van der Waals surface area contributed by atoms with E-state index in [-0.39, 0.29) is 16.9 Å². The maximum atomic E-state index is 14.0. The van der Waals surface area contributed by atoms with E-state index in [1.54, 1.807) is 39.0 Å². The number of nitrogens with zero attached hydrogens (tertiary/aromatic N) is 6. The van der Waals surface area contributed by atoms with Crippen LogP contribution >= 0.6 is 11.6 Å². The van der Waals surface area contributed by atoms with Gasteiger partial charge < -0.3 is 9.84 Å². The van der Waals surface area contributed by atoms with E-state index >= 15 is 0 Å². The van der Waals surface area contributed by atoms with Crippen molar-refractivity contribution in [2.45, 2.75) is 64.3 Å². The van der Waals surface area contributed by atoms with Gasteiger partial charge in [0.25, 0.3) is 0 Å². The van der Waals surface area contributed by atoms with Crippen LogP contribution in [-0.4, -0.2) is 83.4 Å². The number of aliphatic carboxylic acids is 1. The number of rotatable bonds is 5. The zero-order valence-corrected chi connectivity index (χ0v) is 20.1. The largest absolute Gasteiger partial charge is 0.477 e. The van der Waals surface area contributed by atoms with Crippen molar-refractivity contribution in [1.82, 2.24) is 25.1 Å². The molecule has 2 aliphatic rings. The Morgan fingerprint density at radius 2 is 2.03 bits per heavy atom. The van der Waals surface area contributed by atoms with Crippen molar-refractivity contribution in [3.05, 3.63) is 35.1 Å². The van der Waals surface area contributed by atoms with Gasteiger partial charge in [-0.3, -0.25) is 4.90 Å². The second-order valence-electron chi connectivity index (χ2n) is 9.76. The summed E-state index contributed by atoms with van der Waals surface area (Å²) in [6, 6.07) is 3.44. The minimum atomic E-state index is -1.04. The predicted octanol–water partition coefficient (Wildman–Crippen LogP) is 2.42. The Labute approximate surface area is 201 Å². The molecule has 0 bridgehead atoms. The molecule has 0 saturated carbocycles. The molecule has 1 aromatic heterocycles. The third kappa shape index (κ3) is 4.49. The molecule has 182 valence electrons. The highest BCUT2D eigenvalue weighted by Gasteiger charge is 2.57. The number of tetrazole rings is 1. The summed E-state index contributed by atoms with van der Waals surface area (Å²) in [4.78, 5) is 40.4. The van der Waals surface area contributed by atoms with Crippen LogP contribution < -0.4 is 0 Å². The van der Waals surface area contributed by atoms with Crippen LogP contribution in [0.5, 0.6) is 0 Å². The molecule has 1 aromatic carbocycles. The number of carbonyl (C=O) groups is 3. The highest BCUT2D eigenvalue weighted by atomic mass is 35.5. The molecule has 2 amide bonds. The van der Waals surface area contributed by atoms with Crippen molar-refractivity contribution in [2.24, 2.45) is 0 Å². The van der Waals surface area contributed by atoms with Crippen molar-refractivity contribution < 1.29 is 28.7 Å². The minimum absolute atomic E-state index is 0.0875. The number of hydrogen-bond acceptors (Lipinski definition) is 7. The van der Waals surface area contributed by atoms with Gasteiger partial charge in [0.2, 0.25) is 0 Å². The van der Waals surface area contributed by atoms with E-state index < -0.39 is 29.7 Å².